The maximum absolute atomic E-state index is 12.2. The molecule has 1 aromatic heterocycles. The zero-order valence-corrected chi connectivity index (χ0v) is 11.5. The summed E-state index contributed by atoms with van der Waals surface area (Å²) in [7, 11) is -2.04. The average molecular weight is 298 g/mol. The van der Waals surface area contributed by atoms with Crippen LogP contribution in [0, 0.1) is 0 Å². The van der Waals surface area contributed by atoms with Crippen molar-refractivity contribution in [2.24, 2.45) is 0 Å². The van der Waals surface area contributed by atoms with Gasteiger partial charge in [0.1, 0.15) is 4.21 Å². The Balaban J connectivity index is 2.39. The molecule has 0 saturated heterocycles. The van der Waals surface area contributed by atoms with Crippen molar-refractivity contribution in [3.8, 4) is 0 Å². The number of methoxy groups -OCH3 is 1. The van der Waals surface area contributed by atoms with Gasteiger partial charge in [-0.15, -0.1) is 11.3 Å². The third kappa shape index (κ3) is 2.35. The first-order chi connectivity index (χ1) is 7.96. The van der Waals surface area contributed by atoms with Gasteiger partial charge in [-0.2, -0.15) is 4.31 Å². The van der Waals surface area contributed by atoms with Gasteiger partial charge in [-0.05, 0) is 6.07 Å². The third-order valence-electron chi connectivity index (χ3n) is 2.55. The van der Waals surface area contributed by atoms with Crippen LogP contribution in [0.2, 0.25) is 4.34 Å². The van der Waals surface area contributed by atoms with Crippen LogP contribution in [0.4, 0.5) is 0 Å². The quantitative estimate of drug-likeness (QED) is 0.907. The molecule has 2 rings (SSSR count). The molecule has 0 aliphatic carbocycles. The molecule has 1 aliphatic rings. The molecule has 5 nitrogen and oxygen atoms in total. The van der Waals surface area contributed by atoms with Gasteiger partial charge in [0.05, 0.1) is 17.0 Å². The molecule has 17 heavy (non-hydrogen) atoms. The van der Waals surface area contributed by atoms with E-state index in [4.69, 9.17) is 16.3 Å². The van der Waals surface area contributed by atoms with Crippen LogP contribution in [0.1, 0.15) is 11.7 Å². The van der Waals surface area contributed by atoms with Crippen LogP contribution >= 0.6 is 22.9 Å². The van der Waals surface area contributed by atoms with Gasteiger partial charge < -0.3 is 9.84 Å². The molecule has 0 saturated carbocycles. The number of thiophene rings is 1. The van der Waals surface area contributed by atoms with Crippen molar-refractivity contribution in [2.75, 3.05) is 26.8 Å². The zero-order chi connectivity index (χ0) is 12.6. The third-order valence-corrected chi connectivity index (χ3v) is 6.22. The van der Waals surface area contributed by atoms with E-state index in [0.717, 1.165) is 11.3 Å². The molecule has 0 spiro atoms. The van der Waals surface area contributed by atoms with Crippen molar-refractivity contribution in [3.05, 3.63) is 16.0 Å². The van der Waals surface area contributed by atoms with Crippen molar-refractivity contribution in [1.29, 1.82) is 0 Å². The Morgan fingerprint density at radius 2 is 2.41 bits per heavy atom. The minimum Gasteiger partial charge on any atom is -0.387 e. The molecule has 1 N–H and O–H groups in total. The number of sulfonamides is 1. The molecule has 0 aromatic carbocycles. The first-order valence-corrected chi connectivity index (χ1v) is 7.56. The molecule has 1 atom stereocenters. The maximum Gasteiger partial charge on any atom is 0.253 e. The Kier molecular flexibility index (Phi) is 3.77. The number of nitrogens with zero attached hydrogens (tertiary/aromatic N) is 1. The van der Waals surface area contributed by atoms with Crippen molar-refractivity contribution in [3.63, 3.8) is 0 Å². The van der Waals surface area contributed by atoms with Crippen molar-refractivity contribution >= 4 is 33.0 Å². The molecule has 8 heteroatoms. The lowest BCUT2D eigenvalue weighted by molar-refractivity contribution is 0.120. The Morgan fingerprint density at radius 3 is 3.06 bits per heavy atom. The monoisotopic (exact) mass is 297 g/mol. The fraction of sp³-hybridized carbons (Fsp3) is 0.556. The molecule has 2 heterocycles. The minimum atomic E-state index is -3.54. The van der Waals surface area contributed by atoms with E-state index in [9.17, 15) is 13.5 Å². The predicted molar refractivity (Wildman–Crippen MR) is 64.9 cm³/mol. The van der Waals surface area contributed by atoms with Gasteiger partial charge in [0.15, 0.2) is 0 Å². The fourth-order valence-corrected chi connectivity index (χ4v) is 5.25. The Bertz CT molecular complexity index is 513. The van der Waals surface area contributed by atoms with E-state index >= 15 is 0 Å². The molecule has 0 radical (unpaired) electrons. The van der Waals surface area contributed by atoms with E-state index in [2.05, 4.69) is 0 Å². The summed E-state index contributed by atoms with van der Waals surface area (Å²) in [6.45, 7) is 0.566. The molecule has 1 aromatic rings. The first-order valence-electron chi connectivity index (χ1n) is 4.93. The average Bonchev–Trinajstić information content (AvgIpc) is 2.65. The number of rotatable bonds is 3. The number of ether oxygens (including phenoxy) is 1. The second kappa shape index (κ2) is 4.83. The predicted octanol–water partition coefficient (Wildman–Crippen LogP) is 1.09. The summed E-state index contributed by atoms with van der Waals surface area (Å²) in [5.74, 6) is 0. The van der Waals surface area contributed by atoms with Crippen LogP contribution in [-0.4, -0.2) is 44.6 Å². The van der Waals surface area contributed by atoms with E-state index in [0.29, 0.717) is 16.5 Å². The molecule has 96 valence electrons. The smallest absolute Gasteiger partial charge is 0.253 e. The highest BCUT2D eigenvalue weighted by Crippen LogP contribution is 2.40. The molecule has 0 fully saturated rings. The van der Waals surface area contributed by atoms with Crippen LogP contribution in [-0.2, 0) is 14.8 Å². The highest BCUT2D eigenvalue weighted by atomic mass is 35.5. The van der Waals surface area contributed by atoms with Gasteiger partial charge in [-0.3, -0.25) is 0 Å². The lowest BCUT2D eigenvalue weighted by Gasteiger charge is -2.29. The molecular weight excluding hydrogens is 286 g/mol. The largest absolute Gasteiger partial charge is 0.387 e. The first kappa shape index (κ1) is 13.3. The van der Waals surface area contributed by atoms with Gasteiger partial charge in [0, 0.05) is 25.8 Å². The molecule has 0 unspecified atom stereocenters. The lowest BCUT2D eigenvalue weighted by Crippen LogP contribution is -2.40. The van der Waals surface area contributed by atoms with Gasteiger partial charge in [-0.25, -0.2) is 8.42 Å². The number of aliphatic hydroxyl groups is 1. The van der Waals surface area contributed by atoms with Crippen molar-refractivity contribution in [2.45, 2.75) is 10.3 Å². The molecule has 1 aliphatic heterocycles. The number of β-amino-alcohol motifs (C(OH)–C–C–N with tert-alkyl or cyclic N) is 1. The number of aliphatic hydroxyl groups excluding tert-OH is 1. The van der Waals surface area contributed by atoms with E-state index in [1.165, 1.54) is 17.5 Å². The highest BCUT2D eigenvalue weighted by molar-refractivity contribution is 7.91. The zero-order valence-electron chi connectivity index (χ0n) is 9.09. The SMILES string of the molecule is COCCN1C[C@@H](O)c2cc(Cl)sc2S1(=O)=O. The summed E-state index contributed by atoms with van der Waals surface area (Å²) in [6, 6.07) is 1.51. The number of halogens is 1. The summed E-state index contributed by atoms with van der Waals surface area (Å²) in [5, 5.41) is 9.88. The van der Waals surface area contributed by atoms with E-state index in [-0.39, 0.29) is 17.3 Å². The van der Waals surface area contributed by atoms with Gasteiger partial charge in [-0.1, -0.05) is 11.6 Å². The highest BCUT2D eigenvalue weighted by Gasteiger charge is 2.37. The van der Waals surface area contributed by atoms with Gasteiger partial charge in [0.2, 0.25) is 0 Å². The van der Waals surface area contributed by atoms with Crippen molar-refractivity contribution < 1.29 is 18.3 Å². The van der Waals surface area contributed by atoms with Gasteiger partial charge >= 0.3 is 0 Å². The van der Waals surface area contributed by atoms with Crippen LogP contribution in [0.15, 0.2) is 10.3 Å². The summed E-state index contributed by atoms with van der Waals surface area (Å²) in [5.41, 5.74) is 0.397. The summed E-state index contributed by atoms with van der Waals surface area (Å²) in [6.07, 6.45) is -0.825. The van der Waals surface area contributed by atoms with Crippen LogP contribution in [0.5, 0.6) is 0 Å². The van der Waals surface area contributed by atoms with E-state index in [1.54, 1.807) is 0 Å². The Morgan fingerprint density at radius 1 is 1.71 bits per heavy atom. The van der Waals surface area contributed by atoms with Crippen molar-refractivity contribution in [1.82, 2.24) is 4.31 Å². The summed E-state index contributed by atoms with van der Waals surface area (Å²) in [4.78, 5) is 0. The molecular formula is C9H12ClNO4S2. The number of fused-ring (bicyclic) bond motifs is 1. The second-order valence-electron chi connectivity index (χ2n) is 3.66. The normalized spacial score (nSPS) is 23.6. The molecule has 0 amide bonds. The summed E-state index contributed by atoms with van der Waals surface area (Å²) < 4.78 is 30.9. The maximum atomic E-state index is 12.2. The Hall–Kier alpha value is -0.180. The lowest BCUT2D eigenvalue weighted by atomic mass is 10.2. The summed E-state index contributed by atoms with van der Waals surface area (Å²) >= 11 is 6.77. The van der Waals surface area contributed by atoms with Crippen LogP contribution in [0.25, 0.3) is 0 Å². The molecule has 0 bridgehead atoms. The number of hydrogen-bond donors (Lipinski definition) is 1. The van der Waals surface area contributed by atoms with E-state index in [1.807, 2.05) is 0 Å². The fourth-order valence-electron chi connectivity index (χ4n) is 1.70. The standard InChI is InChI=1S/C9H12ClNO4S2/c1-15-3-2-11-5-7(12)6-4-8(10)16-9(6)17(11,13)14/h4,7,12H,2-3,5H2,1H3/t7-/m1/s1. The minimum absolute atomic E-state index is 0.0474. The number of hydrogen-bond acceptors (Lipinski definition) is 5. The van der Waals surface area contributed by atoms with Gasteiger partial charge in [0.25, 0.3) is 10.0 Å². The topological polar surface area (TPSA) is 66.8 Å². The van der Waals surface area contributed by atoms with Crippen LogP contribution < -0.4 is 0 Å². The Labute approximate surface area is 109 Å². The van der Waals surface area contributed by atoms with E-state index < -0.39 is 16.1 Å². The second-order valence-corrected chi connectivity index (χ2v) is 7.48. The van der Waals surface area contributed by atoms with Crippen LogP contribution in [0.3, 0.4) is 0 Å².